The Morgan fingerprint density at radius 3 is 2.54 bits per heavy atom. The summed E-state index contributed by atoms with van der Waals surface area (Å²) in [4.78, 5) is 0. The van der Waals surface area contributed by atoms with Gasteiger partial charge in [0.15, 0.2) is 0 Å². The van der Waals surface area contributed by atoms with Gasteiger partial charge in [-0.1, -0.05) is 71.1 Å². The first-order valence-corrected chi connectivity index (χ1v) is 6.25. The standard InChI is InChI=1S/C13H25/c1-2-3-4-5-7-10-13-11-8-6-9-12-13/h4,13H,2-3,5-12H2,1H3. The zero-order chi connectivity index (χ0) is 9.36. The molecule has 0 atom stereocenters. The maximum atomic E-state index is 2.48. The molecule has 0 N–H and O–H groups in total. The second-order valence-electron chi connectivity index (χ2n) is 4.51. The van der Waals surface area contributed by atoms with Gasteiger partial charge in [0, 0.05) is 0 Å². The van der Waals surface area contributed by atoms with Crippen LogP contribution < -0.4 is 0 Å². The average Bonchev–Trinajstić information content (AvgIpc) is 2.19. The molecule has 1 rings (SSSR count). The van der Waals surface area contributed by atoms with E-state index in [9.17, 15) is 0 Å². The van der Waals surface area contributed by atoms with Gasteiger partial charge >= 0.3 is 0 Å². The van der Waals surface area contributed by atoms with Gasteiger partial charge in [-0.2, -0.15) is 0 Å². The van der Waals surface area contributed by atoms with Gasteiger partial charge in [-0.25, -0.2) is 0 Å². The lowest BCUT2D eigenvalue weighted by Gasteiger charge is -2.21. The third-order valence-corrected chi connectivity index (χ3v) is 3.24. The van der Waals surface area contributed by atoms with Crippen LogP contribution in [0.2, 0.25) is 0 Å². The molecule has 0 amide bonds. The quantitative estimate of drug-likeness (QED) is 0.519. The Kier molecular flexibility index (Phi) is 6.31. The first kappa shape index (κ1) is 11.1. The molecule has 0 bridgehead atoms. The summed E-state index contributed by atoms with van der Waals surface area (Å²) in [5.74, 6) is 1.09. The number of hydrogen-bond donors (Lipinski definition) is 0. The fourth-order valence-corrected chi connectivity index (χ4v) is 2.38. The molecule has 0 aliphatic heterocycles. The van der Waals surface area contributed by atoms with Crippen molar-refractivity contribution in [1.29, 1.82) is 0 Å². The normalized spacial score (nSPS) is 19.2. The molecule has 1 aliphatic carbocycles. The maximum absolute atomic E-state index is 2.48. The monoisotopic (exact) mass is 181 g/mol. The van der Waals surface area contributed by atoms with Crippen molar-refractivity contribution in [3.8, 4) is 0 Å². The fraction of sp³-hybridized carbons (Fsp3) is 0.923. The molecule has 0 saturated heterocycles. The van der Waals surface area contributed by atoms with E-state index >= 15 is 0 Å². The van der Waals surface area contributed by atoms with Crippen molar-refractivity contribution in [2.75, 3.05) is 0 Å². The van der Waals surface area contributed by atoms with E-state index < -0.39 is 0 Å². The first-order valence-electron chi connectivity index (χ1n) is 6.25. The Morgan fingerprint density at radius 2 is 1.85 bits per heavy atom. The lowest BCUT2D eigenvalue weighted by Crippen LogP contribution is -2.05. The van der Waals surface area contributed by atoms with Crippen molar-refractivity contribution < 1.29 is 0 Å². The van der Waals surface area contributed by atoms with Crippen LogP contribution in [0, 0.1) is 12.3 Å². The SMILES string of the molecule is CCC[CH]CCCC1CCCCC1. The minimum atomic E-state index is 1.09. The van der Waals surface area contributed by atoms with Crippen LogP contribution in [0.5, 0.6) is 0 Å². The topological polar surface area (TPSA) is 0 Å². The van der Waals surface area contributed by atoms with Gasteiger partial charge in [0.1, 0.15) is 0 Å². The molecular formula is C13H25. The summed E-state index contributed by atoms with van der Waals surface area (Å²) < 4.78 is 0. The smallest absolute Gasteiger partial charge is 0.0386 e. The number of rotatable bonds is 6. The van der Waals surface area contributed by atoms with Gasteiger partial charge in [-0.05, 0) is 12.3 Å². The molecule has 0 aromatic carbocycles. The van der Waals surface area contributed by atoms with Crippen LogP contribution in [0.15, 0.2) is 0 Å². The summed E-state index contributed by atoms with van der Waals surface area (Å²) in [6, 6.07) is 0. The first-order chi connectivity index (χ1) is 6.43. The highest BCUT2D eigenvalue weighted by Gasteiger charge is 2.12. The summed E-state index contributed by atoms with van der Waals surface area (Å²) in [5, 5.41) is 0. The van der Waals surface area contributed by atoms with E-state index in [1.807, 2.05) is 0 Å². The number of unbranched alkanes of at least 4 members (excludes halogenated alkanes) is 4. The lowest BCUT2D eigenvalue weighted by atomic mass is 9.85. The summed E-state index contributed by atoms with van der Waals surface area (Å²) >= 11 is 0. The molecular weight excluding hydrogens is 156 g/mol. The van der Waals surface area contributed by atoms with Gasteiger partial charge in [0.05, 0.1) is 0 Å². The zero-order valence-electron chi connectivity index (χ0n) is 9.23. The molecule has 77 valence electrons. The highest BCUT2D eigenvalue weighted by Crippen LogP contribution is 2.27. The van der Waals surface area contributed by atoms with Crippen LogP contribution in [0.1, 0.15) is 71.1 Å². The molecule has 1 saturated carbocycles. The van der Waals surface area contributed by atoms with E-state index in [1.165, 1.54) is 64.2 Å². The Labute approximate surface area is 84.1 Å². The van der Waals surface area contributed by atoms with E-state index in [0.717, 1.165) is 5.92 Å². The molecule has 13 heavy (non-hydrogen) atoms. The largest absolute Gasteiger partial charge is 0.0654 e. The van der Waals surface area contributed by atoms with Gasteiger partial charge in [0.2, 0.25) is 0 Å². The van der Waals surface area contributed by atoms with Crippen LogP contribution in [0.3, 0.4) is 0 Å². The van der Waals surface area contributed by atoms with Gasteiger partial charge in [0.25, 0.3) is 0 Å². The van der Waals surface area contributed by atoms with Crippen LogP contribution in [-0.2, 0) is 0 Å². The highest BCUT2D eigenvalue weighted by molar-refractivity contribution is 4.69. The van der Waals surface area contributed by atoms with Gasteiger partial charge < -0.3 is 0 Å². The second-order valence-corrected chi connectivity index (χ2v) is 4.51. The molecule has 0 spiro atoms. The lowest BCUT2D eigenvalue weighted by molar-refractivity contribution is 0.332. The molecule has 1 aliphatic rings. The van der Waals surface area contributed by atoms with Gasteiger partial charge in [-0.15, -0.1) is 0 Å². The summed E-state index contributed by atoms with van der Waals surface area (Å²) in [6.45, 7) is 2.26. The molecule has 0 heterocycles. The minimum absolute atomic E-state index is 1.09. The highest BCUT2D eigenvalue weighted by atomic mass is 14.2. The zero-order valence-corrected chi connectivity index (χ0v) is 9.23. The van der Waals surface area contributed by atoms with E-state index in [-0.39, 0.29) is 0 Å². The van der Waals surface area contributed by atoms with E-state index in [0.29, 0.717) is 0 Å². The Bertz CT molecular complexity index is 101. The summed E-state index contributed by atoms with van der Waals surface area (Å²) in [6.07, 6.45) is 17.0. The molecule has 0 nitrogen and oxygen atoms in total. The van der Waals surface area contributed by atoms with Gasteiger partial charge in [-0.3, -0.25) is 0 Å². The van der Waals surface area contributed by atoms with E-state index in [1.54, 1.807) is 0 Å². The third kappa shape index (κ3) is 5.33. The number of hydrogen-bond acceptors (Lipinski definition) is 0. The van der Waals surface area contributed by atoms with Crippen LogP contribution in [-0.4, -0.2) is 0 Å². The molecule has 0 heteroatoms. The van der Waals surface area contributed by atoms with Crippen LogP contribution >= 0.6 is 0 Å². The molecule has 1 fully saturated rings. The van der Waals surface area contributed by atoms with E-state index in [4.69, 9.17) is 0 Å². The van der Waals surface area contributed by atoms with Crippen molar-refractivity contribution in [3.63, 3.8) is 0 Å². The average molecular weight is 181 g/mol. The Hall–Kier alpha value is 0. The molecule has 0 aromatic rings. The Morgan fingerprint density at radius 1 is 1.08 bits per heavy atom. The van der Waals surface area contributed by atoms with Crippen molar-refractivity contribution in [2.45, 2.75) is 71.1 Å². The summed E-state index contributed by atoms with van der Waals surface area (Å²) in [5.41, 5.74) is 0. The summed E-state index contributed by atoms with van der Waals surface area (Å²) in [7, 11) is 0. The second kappa shape index (κ2) is 7.41. The van der Waals surface area contributed by atoms with Crippen LogP contribution in [0.25, 0.3) is 0 Å². The maximum Gasteiger partial charge on any atom is -0.0386 e. The van der Waals surface area contributed by atoms with Crippen molar-refractivity contribution in [2.24, 2.45) is 5.92 Å². The van der Waals surface area contributed by atoms with Crippen molar-refractivity contribution in [1.82, 2.24) is 0 Å². The van der Waals surface area contributed by atoms with E-state index in [2.05, 4.69) is 13.3 Å². The Balaban J connectivity index is 1.86. The van der Waals surface area contributed by atoms with Crippen molar-refractivity contribution in [3.05, 3.63) is 6.42 Å². The fourth-order valence-electron chi connectivity index (χ4n) is 2.38. The minimum Gasteiger partial charge on any atom is -0.0654 e. The predicted molar refractivity (Wildman–Crippen MR) is 59.6 cm³/mol. The third-order valence-electron chi connectivity index (χ3n) is 3.24. The van der Waals surface area contributed by atoms with Crippen molar-refractivity contribution >= 4 is 0 Å². The van der Waals surface area contributed by atoms with Crippen LogP contribution in [0.4, 0.5) is 0 Å². The molecule has 0 aromatic heterocycles. The molecule has 0 unspecified atom stereocenters. The molecule has 1 radical (unpaired) electrons. The predicted octanol–water partition coefficient (Wildman–Crippen LogP) is 4.74.